The van der Waals surface area contributed by atoms with Gasteiger partial charge in [0.05, 0.1) is 4.90 Å². The molecule has 7 nitrogen and oxygen atoms in total. The molecule has 0 unspecified atom stereocenters. The van der Waals surface area contributed by atoms with Gasteiger partial charge in [-0.15, -0.1) is 0 Å². The van der Waals surface area contributed by atoms with E-state index < -0.39 is 15.9 Å². The second-order valence-corrected chi connectivity index (χ2v) is 8.49. The standard InChI is InChI=1S/C20H23N3O4S/c24-20(21-25)10-9-17-7-4-8-19(15-17)28(26,27)23-13-11-22(12-14-23)16-18-5-2-1-3-6-18/h1-10,15,25H,11-14,16H2,(H,21,24)/b10-9+. The van der Waals surface area contributed by atoms with E-state index in [1.165, 1.54) is 27.5 Å². The van der Waals surface area contributed by atoms with Crippen molar-refractivity contribution in [2.45, 2.75) is 11.4 Å². The molecule has 8 heteroatoms. The highest BCUT2D eigenvalue weighted by molar-refractivity contribution is 7.89. The number of carbonyl (C=O) groups excluding carboxylic acids is 1. The molecule has 0 bridgehead atoms. The van der Waals surface area contributed by atoms with Gasteiger partial charge in [0, 0.05) is 38.8 Å². The summed E-state index contributed by atoms with van der Waals surface area (Å²) in [6.45, 7) is 3.01. The first-order chi connectivity index (χ1) is 13.5. The summed E-state index contributed by atoms with van der Waals surface area (Å²) in [5, 5.41) is 8.52. The van der Waals surface area contributed by atoms with Crippen LogP contribution in [0.15, 0.2) is 65.6 Å². The molecule has 0 spiro atoms. The van der Waals surface area contributed by atoms with Gasteiger partial charge in [-0.3, -0.25) is 14.9 Å². The van der Waals surface area contributed by atoms with Gasteiger partial charge in [-0.2, -0.15) is 4.31 Å². The maximum absolute atomic E-state index is 13.0. The summed E-state index contributed by atoms with van der Waals surface area (Å²) in [6, 6.07) is 16.5. The highest BCUT2D eigenvalue weighted by Gasteiger charge is 2.28. The van der Waals surface area contributed by atoms with Gasteiger partial charge in [0.2, 0.25) is 10.0 Å². The fourth-order valence-electron chi connectivity index (χ4n) is 3.11. The molecule has 0 saturated carbocycles. The fourth-order valence-corrected chi connectivity index (χ4v) is 4.58. The van der Waals surface area contributed by atoms with Crippen LogP contribution >= 0.6 is 0 Å². The third-order valence-corrected chi connectivity index (χ3v) is 6.51. The Balaban J connectivity index is 1.65. The SMILES string of the molecule is O=C(/C=C/c1cccc(S(=O)(=O)N2CCN(Cc3ccccc3)CC2)c1)NO. The monoisotopic (exact) mass is 401 g/mol. The van der Waals surface area contributed by atoms with Crippen LogP contribution in [0.2, 0.25) is 0 Å². The molecule has 1 fully saturated rings. The summed E-state index contributed by atoms with van der Waals surface area (Å²) >= 11 is 0. The zero-order chi connectivity index (χ0) is 20.0. The van der Waals surface area contributed by atoms with Crippen LogP contribution in [0.25, 0.3) is 6.08 Å². The summed E-state index contributed by atoms with van der Waals surface area (Å²) in [5.41, 5.74) is 3.27. The highest BCUT2D eigenvalue weighted by atomic mass is 32.2. The van der Waals surface area contributed by atoms with E-state index in [2.05, 4.69) is 17.0 Å². The number of nitrogens with zero attached hydrogens (tertiary/aromatic N) is 2. The van der Waals surface area contributed by atoms with Crippen molar-refractivity contribution < 1.29 is 18.4 Å². The first kappa shape index (κ1) is 20.2. The van der Waals surface area contributed by atoms with Crippen LogP contribution in [0.4, 0.5) is 0 Å². The van der Waals surface area contributed by atoms with Gasteiger partial charge in [-0.1, -0.05) is 42.5 Å². The number of hydrogen-bond acceptors (Lipinski definition) is 5. The molecule has 3 rings (SSSR count). The zero-order valence-corrected chi connectivity index (χ0v) is 16.2. The van der Waals surface area contributed by atoms with E-state index in [0.29, 0.717) is 31.7 Å². The molecule has 148 valence electrons. The van der Waals surface area contributed by atoms with E-state index in [1.54, 1.807) is 18.2 Å². The molecule has 28 heavy (non-hydrogen) atoms. The maximum atomic E-state index is 13.0. The third kappa shape index (κ3) is 5.05. The number of sulfonamides is 1. The Morgan fingerprint density at radius 1 is 1.04 bits per heavy atom. The van der Waals surface area contributed by atoms with Gasteiger partial charge in [0.15, 0.2) is 0 Å². The van der Waals surface area contributed by atoms with Crippen LogP contribution in [-0.2, 0) is 21.4 Å². The number of rotatable bonds is 6. The number of benzene rings is 2. The van der Waals surface area contributed by atoms with Crippen LogP contribution < -0.4 is 5.48 Å². The molecule has 1 heterocycles. The molecule has 1 aliphatic rings. The van der Waals surface area contributed by atoms with Crippen LogP contribution in [0, 0.1) is 0 Å². The lowest BCUT2D eigenvalue weighted by molar-refractivity contribution is -0.124. The molecule has 0 radical (unpaired) electrons. The average Bonchev–Trinajstić information content (AvgIpc) is 2.73. The first-order valence-corrected chi connectivity index (χ1v) is 10.4. The second-order valence-electron chi connectivity index (χ2n) is 6.55. The predicted molar refractivity (Wildman–Crippen MR) is 106 cm³/mol. The van der Waals surface area contributed by atoms with Crippen molar-refractivity contribution in [1.82, 2.24) is 14.7 Å². The number of nitrogens with one attached hydrogen (secondary N) is 1. The van der Waals surface area contributed by atoms with Gasteiger partial charge in [0.1, 0.15) is 0 Å². The summed E-state index contributed by atoms with van der Waals surface area (Å²) in [7, 11) is -3.60. The Bertz CT molecular complexity index is 937. The van der Waals surface area contributed by atoms with Gasteiger partial charge in [-0.25, -0.2) is 13.9 Å². The van der Waals surface area contributed by atoms with Crippen LogP contribution in [0.1, 0.15) is 11.1 Å². The Labute approximate surface area is 164 Å². The van der Waals surface area contributed by atoms with Crippen LogP contribution in [0.5, 0.6) is 0 Å². The van der Waals surface area contributed by atoms with E-state index in [9.17, 15) is 13.2 Å². The Morgan fingerprint density at radius 2 is 1.75 bits per heavy atom. The quantitative estimate of drug-likeness (QED) is 0.437. The number of hydroxylamine groups is 1. The van der Waals surface area contributed by atoms with Gasteiger partial charge in [0.25, 0.3) is 5.91 Å². The Morgan fingerprint density at radius 3 is 2.43 bits per heavy atom. The van der Waals surface area contributed by atoms with Crippen molar-refractivity contribution in [3.05, 3.63) is 71.8 Å². The van der Waals surface area contributed by atoms with Gasteiger partial charge in [-0.05, 0) is 29.3 Å². The molecule has 1 aliphatic heterocycles. The molecule has 1 amide bonds. The van der Waals surface area contributed by atoms with Crippen molar-refractivity contribution in [1.29, 1.82) is 0 Å². The molecule has 2 aromatic carbocycles. The zero-order valence-electron chi connectivity index (χ0n) is 15.4. The molecular weight excluding hydrogens is 378 g/mol. The lowest BCUT2D eigenvalue weighted by atomic mass is 10.2. The van der Waals surface area contributed by atoms with Crippen LogP contribution in [0.3, 0.4) is 0 Å². The average molecular weight is 401 g/mol. The Hall–Kier alpha value is -2.52. The van der Waals surface area contributed by atoms with Gasteiger partial charge < -0.3 is 0 Å². The van der Waals surface area contributed by atoms with Crippen molar-refractivity contribution in [2.75, 3.05) is 26.2 Å². The number of amides is 1. The molecule has 0 aromatic heterocycles. The number of carbonyl (C=O) groups is 1. The topological polar surface area (TPSA) is 90.0 Å². The highest BCUT2D eigenvalue weighted by Crippen LogP contribution is 2.20. The molecular formula is C20H23N3O4S. The minimum absolute atomic E-state index is 0.190. The lowest BCUT2D eigenvalue weighted by Gasteiger charge is -2.34. The number of piperazine rings is 1. The Kier molecular flexibility index (Phi) is 6.58. The van der Waals surface area contributed by atoms with E-state index in [4.69, 9.17) is 5.21 Å². The van der Waals surface area contributed by atoms with E-state index in [1.807, 2.05) is 18.2 Å². The molecule has 1 saturated heterocycles. The molecule has 0 aliphatic carbocycles. The smallest absolute Gasteiger partial charge is 0.267 e. The number of hydrogen-bond donors (Lipinski definition) is 2. The predicted octanol–water partition coefficient (Wildman–Crippen LogP) is 1.71. The van der Waals surface area contributed by atoms with Gasteiger partial charge >= 0.3 is 0 Å². The fraction of sp³-hybridized carbons (Fsp3) is 0.250. The maximum Gasteiger partial charge on any atom is 0.267 e. The van der Waals surface area contributed by atoms with Crippen LogP contribution in [-0.4, -0.2) is 54.9 Å². The van der Waals surface area contributed by atoms with Crippen molar-refractivity contribution >= 4 is 22.0 Å². The molecule has 2 N–H and O–H groups in total. The summed E-state index contributed by atoms with van der Waals surface area (Å²) in [4.78, 5) is 13.5. The first-order valence-electron chi connectivity index (χ1n) is 8.98. The lowest BCUT2D eigenvalue weighted by Crippen LogP contribution is -2.48. The minimum Gasteiger partial charge on any atom is -0.296 e. The summed E-state index contributed by atoms with van der Waals surface area (Å²) in [5.74, 6) is -0.678. The van der Waals surface area contributed by atoms with E-state index >= 15 is 0 Å². The van der Waals surface area contributed by atoms with E-state index in [0.717, 1.165) is 12.6 Å². The van der Waals surface area contributed by atoms with Crippen molar-refractivity contribution in [2.24, 2.45) is 0 Å². The minimum atomic E-state index is -3.60. The second kappa shape index (κ2) is 9.11. The normalized spacial score (nSPS) is 16.3. The van der Waals surface area contributed by atoms with Crippen molar-refractivity contribution in [3.8, 4) is 0 Å². The summed E-state index contributed by atoms with van der Waals surface area (Å²) < 4.78 is 27.4. The third-order valence-electron chi connectivity index (χ3n) is 4.61. The van der Waals surface area contributed by atoms with Crippen molar-refractivity contribution in [3.63, 3.8) is 0 Å². The summed E-state index contributed by atoms with van der Waals surface area (Å²) in [6.07, 6.45) is 2.58. The van der Waals surface area contributed by atoms with E-state index in [-0.39, 0.29) is 4.90 Å². The largest absolute Gasteiger partial charge is 0.296 e. The molecule has 0 atom stereocenters. The molecule has 2 aromatic rings.